The van der Waals surface area contributed by atoms with E-state index in [0.29, 0.717) is 5.70 Å². The Kier molecular flexibility index (Phi) is 6.55. The van der Waals surface area contributed by atoms with Crippen molar-refractivity contribution in [1.82, 2.24) is 0 Å². The average molecular weight is 189 g/mol. The molecule has 0 saturated carbocycles. The van der Waals surface area contributed by atoms with Crippen molar-refractivity contribution >= 4 is 13.5 Å². The van der Waals surface area contributed by atoms with Gasteiger partial charge in [0.25, 0.3) is 0 Å². The van der Waals surface area contributed by atoms with Crippen molar-refractivity contribution in [2.75, 3.05) is 0 Å². The van der Waals surface area contributed by atoms with Gasteiger partial charge in [0, 0.05) is 11.9 Å². The van der Waals surface area contributed by atoms with Crippen molar-refractivity contribution in [2.24, 2.45) is 5.73 Å². The molecule has 3 N–H and O–H groups in total. The molecule has 0 aliphatic carbocycles. The highest BCUT2D eigenvalue weighted by Gasteiger charge is 1.91. The zero-order valence-electron chi connectivity index (χ0n) is 9.17. The predicted octanol–water partition coefficient (Wildman–Crippen LogP) is 2.47. The summed E-state index contributed by atoms with van der Waals surface area (Å²) in [5.41, 5.74) is 8.32. The Balaban J connectivity index is 4.57. The van der Waals surface area contributed by atoms with Gasteiger partial charge < -0.3 is 11.1 Å². The molecular formula is C11H18BN2. The molecule has 0 saturated heterocycles. The molecule has 0 amide bonds. The fourth-order valence-corrected chi connectivity index (χ4v) is 0.919. The van der Waals surface area contributed by atoms with E-state index in [4.69, 9.17) is 11.1 Å². The summed E-state index contributed by atoms with van der Waals surface area (Å²) in [6.45, 7) is 5.92. The lowest BCUT2D eigenvalue weighted by Gasteiger charge is -1.98. The van der Waals surface area contributed by atoms with Gasteiger partial charge in [0.15, 0.2) is 0 Å². The van der Waals surface area contributed by atoms with E-state index in [1.165, 1.54) is 6.21 Å². The fourth-order valence-electron chi connectivity index (χ4n) is 0.919. The first-order valence-electron chi connectivity index (χ1n) is 4.80. The number of rotatable bonds is 5. The molecule has 2 nitrogen and oxygen atoms in total. The second kappa shape index (κ2) is 7.19. The van der Waals surface area contributed by atoms with Crippen LogP contribution >= 0.6 is 0 Å². The Bertz CT molecular complexity index is 275. The summed E-state index contributed by atoms with van der Waals surface area (Å²) in [5.74, 6) is 0. The van der Waals surface area contributed by atoms with Gasteiger partial charge in [-0.15, -0.1) is 0 Å². The number of nitrogens with one attached hydrogen (secondary N) is 1. The van der Waals surface area contributed by atoms with Crippen molar-refractivity contribution in [3.05, 3.63) is 35.0 Å². The summed E-state index contributed by atoms with van der Waals surface area (Å²) in [5, 5.41) is 7.03. The standard InChI is InChI=1S/C11H18BN2/c1-4-5-10(12-3)6-7-11(14)9(2)8-13/h5-8,13H,4,14H2,1-3H3/b7-6-,10-5-,11-9?,13-8?. The maximum Gasteiger partial charge on any atom is 0.147 e. The first kappa shape index (κ1) is 12.8. The Labute approximate surface area is 87.3 Å². The molecule has 14 heavy (non-hydrogen) atoms. The number of nitrogens with two attached hydrogens (primary N) is 1. The highest BCUT2D eigenvalue weighted by Crippen LogP contribution is 2.01. The molecule has 0 atom stereocenters. The van der Waals surface area contributed by atoms with E-state index in [1.54, 1.807) is 0 Å². The predicted molar refractivity (Wildman–Crippen MR) is 64.8 cm³/mol. The topological polar surface area (TPSA) is 49.9 Å². The molecule has 3 heteroatoms. The summed E-state index contributed by atoms with van der Waals surface area (Å²) in [7, 11) is 2.03. The van der Waals surface area contributed by atoms with E-state index in [9.17, 15) is 0 Å². The number of allylic oxidation sites excluding steroid dienone is 5. The molecule has 0 aromatic carbocycles. The molecule has 1 radical (unpaired) electrons. The second-order valence-corrected chi connectivity index (χ2v) is 3.02. The lowest BCUT2D eigenvalue weighted by molar-refractivity contribution is 1.22. The van der Waals surface area contributed by atoms with Crippen molar-refractivity contribution in [3.63, 3.8) is 0 Å². The van der Waals surface area contributed by atoms with E-state index in [0.717, 1.165) is 17.5 Å². The molecule has 0 aromatic heterocycles. The molecule has 0 heterocycles. The second-order valence-electron chi connectivity index (χ2n) is 3.02. The van der Waals surface area contributed by atoms with Crippen LogP contribution in [0.15, 0.2) is 35.0 Å². The minimum absolute atomic E-state index is 0.642. The first-order chi connectivity index (χ1) is 6.65. The Morgan fingerprint density at radius 1 is 1.43 bits per heavy atom. The highest BCUT2D eigenvalue weighted by atomic mass is 14.6. The van der Waals surface area contributed by atoms with E-state index < -0.39 is 0 Å². The Morgan fingerprint density at radius 3 is 2.50 bits per heavy atom. The molecular weight excluding hydrogens is 171 g/mol. The lowest BCUT2D eigenvalue weighted by atomic mass is 9.72. The van der Waals surface area contributed by atoms with Gasteiger partial charge in [0.2, 0.25) is 0 Å². The summed E-state index contributed by atoms with van der Waals surface area (Å²) >= 11 is 0. The third kappa shape index (κ3) is 4.70. The van der Waals surface area contributed by atoms with E-state index >= 15 is 0 Å². The van der Waals surface area contributed by atoms with Crippen LogP contribution in [0.5, 0.6) is 0 Å². The van der Waals surface area contributed by atoms with Gasteiger partial charge in [-0.2, -0.15) is 0 Å². The zero-order valence-corrected chi connectivity index (χ0v) is 9.17. The molecule has 0 aliphatic heterocycles. The molecule has 0 rings (SSSR count). The zero-order chi connectivity index (χ0) is 11.0. The molecule has 75 valence electrons. The van der Waals surface area contributed by atoms with Crippen LogP contribution < -0.4 is 5.73 Å². The van der Waals surface area contributed by atoms with E-state index in [1.807, 2.05) is 33.2 Å². The van der Waals surface area contributed by atoms with Crippen LogP contribution in [0.4, 0.5) is 0 Å². The largest absolute Gasteiger partial charge is 0.398 e. The minimum atomic E-state index is 0.642. The van der Waals surface area contributed by atoms with Gasteiger partial charge >= 0.3 is 0 Å². The maximum atomic E-state index is 7.03. The van der Waals surface area contributed by atoms with Crippen molar-refractivity contribution < 1.29 is 0 Å². The van der Waals surface area contributed by atoms with Gasteiger partial charge in [0.1, 0.15) is 7.28 Å². The van der Waals surface area contributed by atoms with E-state index in [2.05, 4.69) is 13.0 Å². The van der Waals surface area contributed by atoms with Gasteiger partial charge in [-0.1, -0.05) is 31.4 Å². The number of hydrogen-bond donors (Lipinski definition) is 2. The van der Waals surface area contributed by atoms with Crippen LogP contribution in [0.3, 0.4) is 0 Å². The summed E-state index contributed by atoms with van der Waals surface area (Å²) in [4.78, 5) is 0. The fraction of sp³-hybridized carbons (Fsp3) is 0.364. The molecule has 0 aromatic rings. The average Bonchev–Trinajstić information content (AvgIpc) is 2.22. The van der Waals surface area contributed by atoms with Gasteiger partial charge in [-0.25, -0.2) is 0 Å². The lowest BCUT2D eigenvalue weighted by Crippen LogP contribution is -1.98. The molecule has 0 bridgehead atoms. The normalized spacial score (nSPS) is 14.1. The van der Waals surface area contributed by atoms with Crippen LogP contribution in [-0.4, -0.2) is 13.5 Å². The van der Waals surface area contributed by atoms with Gasteiger partial charge in [0.05, 0.1) is 0 Å². The smallest absolute Gasteiger partial charge is 0.147 e. The Morgan fingerprint density at radius 2 is 2.07 bits per heavy atom. The van der Waals surface area contributed by atoms with Gasteiger partial charge in [-0.3, -0.25) is 0 Å². The van der Waals surface area contributed by atoms with Crippen molar-refractivity contribution in [1.29, 1.82) is 5.41 Å². The third-order valence-electron chi connectivity index (χ3n) is 1.90. The summed E-state index contributed by atoms with van der Waals surface area (Å²) in [6.07, 6.45) is 8.20. The summed E-state index contributed by atoms with van der Waals surface area (Å²) < 4.78 is 0. The minimum Gasteiger partial charge on any atom is -0.398 e. The quantitative estimate of drug-likeness (QED) is 0.389. The third-order valence-corrected chi connectivity index (χ3v) is 1.90. The van der Waals surface area contributed by atoms with Crippen molar-refractivity contribution in [3.8, 4) is 0 Å². The van der Waals surface area contributed by atoms with Gasteiger partial charge in [-0.05, 0) is 25.0 Å². The summed E-state index contributed by atoms with van der Waals surface area (Å²) in [6, 6.07) is 0. The molecule has 0 fully saturated rings. The molecule has 0 aliphatic rings. The maximum absolute atomic E-state index is 7.03. The van der Waals surface area contributed by atoms with Crippen molar-refractivity contribution in [2.45, 2.75) is 27.1 Å². The Hall–Kier alpha value is -1.25. The van der Waals surface area contributed by atoms with E-state index in [-0.39, 0.29) is 0 Å². The van der Waals surface area contributed by atoms with Crippen LogP contribution in [0.1, 0.15) is 20.3 Å². The SMILES string of the molecule is C[B]C(/C=C\C(N)=C(C)C=N)=C\CC. The monoisotopic (exact) mass is 189 g/mol. The molecule has 0 spiro atoms. The highest BCUT2D eigenvalue weighted by molar-refractivity contribution is 6.44. The van der Waals surface area contributed by atoms with Crippen LogP contribution in [0, 0.1) is 5.41 Å². The van der Waals surface area contributed by atoms with Crippen LogP contribution in [0.2, 0.25) is 6.82 Å². The number of hydrogen-bond acceptors (Lipinski definition) is 2. The molecule has 0 unspecified atom stereocenters. The first-order valence-corrected chi connectivity index (χ1v) is 4.80. The van der Waals surface area contributed by atoms with Crippen LogP contribution in [-0.2, 0) is 0 Å². The van der Waals surface area contributed by atoms with Crippen LogP contribution in [0.25, 0.3) is 0 Å².